The zero-order valence-corrected chi connectivity index (χ0v) is 12.6. The lowest BCUT2D eigenvalue weighted by Crippen LogP contribution is -2.33. The summed E-state index contributed by atoms with van der Waals surface area (Å²) in [6.45, 7) is 2.83. The molecule has 0 unspecified atom stereocenters. The molecule has 1 amide bonds. The molecule has 2 aromatic rings. The van der Waals surface area contributed by atoms with Gasteiger partial charge < -0.3 is 4.90 Å². The first-order valence-corrected chi connectivity index (χ1v) is 7.23. The number of rotatable bonds is 2. The van der Waals surface area contributed by atoms with Gasteiger partial charge in [-0.25, -0.2) is 0 Å². The number of hydrogen-bond acceptors (Lipinski definition) is 4. The molecule has 3 rings (SSSR count). The summed E-state index contributed by atoms with van der Waals surface area (Å²) in [5.41, 5.74) is 2.81. The van der Waals surface area contributed by atoms with E-state index < -0.39 is 4.92 Å². The summed E-state index contributed by atoms with van der Waals surface area (Å²) < 4.78 is 0. The molecule has 0 aliphatic carbocycles. The topological polar surface area (TPSA) is 75.8 Å². The van der Waals surface area contributed by atoms with Gasteiger partial charge in [-0.1, -0.05) is 17.7 Å². The molecule has 0 saturated carbocycles. The van der Waals surface area contributed by atoms with E-state index >= 15 is 0 Å². The van der Waals surface area contributed by atoms with E-state index in [9.17, 15) is 14.9 Å². The third-order valence-corrected chi connectivity index (χ3v) is 3.71. The molecule has 116 valence electrons. The van der Waals surface area contributed by atoms with Gasteiger partial charge in [-0.2, -0.15) is 0 Å². The van der Waals surface area contributed by atoms with Crippen LogP contribution in [-0.4, -0.2) is 30.1 Å². The Morgan fingerprint density at radius 1 is 1.26 bits per heavy atom. The number of aliphatic imine (C=N–C) groups is 1. The van der Waals surface area contributed by atoms with Crippen LogP contribution in [0.5, 0.6) is 0 Å². The number of anilines is 1. The van der Waals surface area contributed by atoms with E-state index in [0.29, 0.717) is 29.9 Å². The van der Waals surface area contributed by atoms with Gasteiger partial charge in [0.05, 0.1) is 17.2 Å². The molecular formula is C17H15N3O3. The smallest absolute Gasteiger partial charge is 0.270 e. The number of carbonyl (C=O) groups excluding carboxylic acids is 1. The monoisotopic (exact) mass is 309 g/mol. The van der Waals surface area contributed by atoms with E-state index in [2.05, 4.69) is 4.99 Å². The summed E-state index contributed by atoms with van der Waals surface area (Å²) in [4.78, 5) is 29.1. The Labute approximate surface area is 133 Å². The maximum absolute atomic E-state index is 12.8. The van der Waals surface area contributed by atoms with Crippen molar-refractivity contribution in [1.82, 2.24) is 0 Å². The molecule has 0 aromatic heterocycles. The zero-order chi connectivity index (χ0) is 16.4. The quantitative estimate of drug-likeness (QED) is 0.632. The van der Waals surface area contributed by atoms with Crippen molar-refractivity contribution in [2.75, 3.05) is 18.0 Å². The van der Waals surface area contributed by atoms with Gasteiger partial charge in [0.25, 0.3) is 11.6 Å². The van der Waals surface area contributed by atoms with Gasteiger partial charge in [-0.3, -0.25) is 19.9 Å². The standard InChI is InChI=1S/C17H15N3O3/c1-12-3-2-4-13(9-12)17(21)19-8-7-18-11-14-10-15(20(22)23)5-6-16(14)19/h2-6,9-11H,7-8H2,1H3. The number of nitrogens with zero attached hydrogens (tertiary/aromatic N) is 3. The molecule has 6 heteroatoms. The van der Waals surface area contributed by atoms with Crippen LogP contribution in [0.15, 0.2) is 47.5 Å². The molecule has 6 nitrogen and oxygen atoms in total. The van der Waals surface area contributed by atoms with E-state index in [1.807, 2.05) is 25.1 Å². The first kappa shape index (κ1) is 14.9. The second kappa shape index (κ2) is 6.00. The lowest BCUT2D eigenvalue weighted by molar-refractivity contribution is -0.384. The van der Waals surface area contributed by atoms with Crippen LogP contribution in [0.25, 0.3) is 0 Å². The van der Waals surface area contributed by atoms with Gasteiger partial charge >= 0.3 is 0 Å². The molecule has 0 bridgehead atoms. The van der Waals surface area contributed by atoms with Crippen LogP contribution in [0.1, 0.15) is 21.5 Å². The largest absolute Gasteiger partial charge is 0.306 e. The molecule has 0 fully saturated rings. The zero-order valence-electron chi connectivity index (χ0n) is 12.6. The highest BCUT2D eigenvalue weighted by atomic mass is 16.6. The van der Waals surface area contributed by atoms with Crippen molar-refractivity contribution < 1.29 is 9.72 Å². The maximum atomic E-state index is 12.8. The Morgan fingerprint density at radius 2 is 2.09 bits per heavy atom. The molecule has 1 heterocycles. The number of nitro groups is 1. The molecule has 1 aliphatic heterocycles. The normalized spacial score (nSPS) is 13.3. The number of benzene rings is 2. The van der Waals surface area contributed by atoms with Crippen molar-refractivity contribution in [3.63, 3.8) is 0 Å². The summed E-state index contributed by atoms with van der Waals surface area (Å²) in [7, 11) is 0. The van der Waals surface area contributed by atoms with Gasteiger partial charge in [0.15, 0.2) is 0 Å². The molecule has 2 aromatic carbocycles. The van der Waals surface area contributed by atoms with Gasteiger partial charge in [-0.05, 0) is 25.1 Å². The SMILES string of the molecule is Cc1cccc(C(=O)N2CCN=Cc3cc([N+](=O)[O-])ccc32)c1. The number of nitro benzene ring substituents is 1. The minimum Gasteiger partial charge on any atom is -0.306 e. The van der Waals surface area contributed by atoms with Crippen molar-refractivity contribution >= 4 is 23.5 Å². The lowest BCUT2D eigenvalue weighted by Gasteiger charge is -2.22. The summed E-state index contributed by atoms with van der Waals surface area (Å²) >= 11 is 0. The minimum absolute atomic E-state index is 0.0138. The minimum atomic E-state index is -0.453. The summed E-state index contributed by atoms with van der Waals surface area (Å²) in [6.07, 6.45) is 1.59. The van der Waals surface area contributed by atoms with Crippen LogP contribution in [0.2, 0.25) is 0 Å². The average Bonchev–Trinajstić information content (AvgIpc) is 2.75. The van der Waals surface area contributed by atoms with E-state index in [-0.39, 0.29) is 11.6 Å². The fraction of sp³-hybridized carbons (Fsp3) is 0.176. The molecule has 0 radical (unpaired) electrons. The lowest BCUT2D eigenvalue weighted by atomic mass is 10.1. The number of carbonyl (C=O) groups is 1. The Morgan fingerprint density at radius 3 is 2.83 bits per heavy atom. The van der Waals surface area contributed by atoms with Crippen LogP contribution in [0.4, 0.5) is 11.4 Å². The van der Waals surface area contributed by atoms with Crippen molar-refractivity contribution in [3.8, 4) is 0 Å². The van der Waals surface area contributed by atoms with E-state index in [0.717, 1.165) is 5.56 Å². The first-order chi connectivity index (χ1) is 11.1. The number of aryl methyl sites for hydroxylation is 1. The number of hydrogen-bond donors (Lipinski definition) is 0. The second-order valence-corrected chi connectivity index (χ2v) is 5.36. The van der Waals surface area contributed by atoms with Gasteiger partial charge in [0.2, 0.25) is 0 Å². The third kappa shape index (κ3) is 2.96. The molecule has 1 aliphatic rings. The van der Waals surface area contributed by atoms with E-state index in [1.165, 1.54) is 12.1 Å². The summed E-state index contributed by atoms with van der Waals surface area (Å²) in [6, 6.07) is 11.8. The molecule has 0 atom stereocenters. The van der Waals surface area contributed by atoms with Crippen LogP contribution in [0, 0.1) is 17.0 Å². The van der Waals surface area contributed by atoms with Crippen LogP contribution in [-0.2, 0) is 0 Å². The summed E-state index contributed by atoms with van der Waals surface area (Å²) in [5, 5.41) is 10.9. The van der Waals surface area contributed by atoms with Gasteiger partial charge in [0, 0.05) is 36.0 Å². The van der Waals surface area contributed by atoms with Crippen molar-refractivity contribution in [2.45, 2.75) is 6.92 Å². The number of benzodiazepines with no additional fused rings is 1. The Balaban J connectivity index is 2.02. The van der Waals surface area contributed by atoms with Crippen molar-refractivity contribution in [3.05, 3.63) is 69.3 Å². The van der Waals surface area contributed by atoms with Crippen molar-refractivity contribution in [2.24, 2.45) is 4.99 Å². The highest BCUT2D eigenvalue weighted by Gasteiger charge is 2.22. The fourth-order valence-electron chi connectivity index (χ4n) is 2.59. The fourth-order valence-corrected chi connectivity index (χ4v) is 2.59. The molecular weight excluding hydrogens is 294 g/mol. The van der Waals surface area contributed by atoms with Crippen molar-refractivity contribution in [1.29, 1.82) is 0 Å². The predicted molar refractivity (Wildman–Crippen MR) is 88.4 cm³/mol. The van der Waals surface area contributed by atoms with E-state index in [1.54, 1.807) is 23.2 Å². The number of non-ortho nitro benzene ring substituents is 1. The van der Waals surface area contributed by atoms with Crippen LogP contribution < -0.4 is 4.90 Å². The molecule has 0 N–H and O–H groups in total. The molecule has 0 spiro atoms. The van der Waals surface area contributed by atoms with Gasteiger partial charge in [-0.15, -0.1) is 0 Å². The van der Waals surface area contributed by atoms with Gasteiger partial charge in [0.1, 0.15) is 0 Å². The highest BCUT2D eigenvalue weighted by Crippen LogP contribution is 2.27. The third-order valence-electron chi connectivity index (χ3n) is 3.71. The first-order valence-electron chi connectivity index (χ1n) is 7.23. The molecule has 23 heavy (non-hydrogen) atoms. The Hall–Kier alpha value is -3.02. The summed E-state index contributed by atoms with van der Waals surface area (Å²) in [5.74, 6) is -0.130. The van der Waals surface area contributed by atoms with Crippen LogP contribution in [0.3, 0.4) is 0 Å². The maximum Gasteiger partial charge on any atom is 0.270 e. The Bertz CT molecular complexity index is 814. The van der Waals surface area contributed by atoms with E-state index in [4.69, 9.17) is 0 Å². The molecule has 0 saturated heterocycles. The predicted octanol–water partition coefficient (Wildman–Crippen LogP) is 2.98. The van der Waals surface area contributed by atoms with Crippen LogP contribution >= 0.6 is 0 Å². The Kier molecular flexibility index (Phi) is 3.89. The highest BCUT2D eigenvalue weighted by molar-refractivity contribution is 6.09. The number of fused-ring (bicyclic) bond motifs is 1. The number of amides is 1. The average molecular weight is 309 g/mol. The second-order valence-electron chi connectivity index (χ2n) is 5.36.